The molecule has 1 aliphatic rings. The van der Waals surface area contributed by atoms with Crippen molar-refractivity contribution in [1.82, 2.24) is 14.8 Å². The molecule has 0 unspecified atom stereocenters. The Morgan fingerprint density at radius 2 is 2.13 bits per heavy atom. The van der Waals surface area contributed by atoms with Gasteiger partial charge in [0.25, 0.3) is 5.69 Å². The summed E-state index contributed by atoms with van der Waals surface area (Å²) >= 11 is 0. The highest BCUT2D eigenvalue weighted by atomic mass is 19.1. The molecule has 0 aliphatic carbocycles. The van der Waals surface area contributed by atoms with Crippen LogP contribution in [0.25, 0.3) is 0 Å². The number of piperidine rings is 1. The van der Waals surface area contributed by atoms with Crippen LogP contribution in [0.2, 0.25) is 0 Å². The Kier molecular flexibility index (Phi) is 7.32. The lowest BCUT2D eigenvalue weighted by Crippen LogP contribution is -2.47. The minimum atomic E-state index is -0.870. The van der Waals surface area contributed by atoms with Crippen LogP contribution in [0.1, 0.15) is 12.8 Å². The second-order valence-corrected chi connectivity index (χ2v) is 7.20. The number of hydrogen-bond donors (Lipinski definition) is 2. The molecule has 3 rings (SSSR count). The number of rotatable bonds is 7. The number of non-ortho nitro benzene ring substituents is 1. The van der Waals surface area contributed by atoms with E-state index in [1.54, 1.807) is 4.90 Å². The van der Waals surface area contributed by atoms with Gasteiger partial charge in [0.2, 0.25) is 0 Å². The fourth-order valence-corrected chi connectivity index (χ4v) is 3.39. The molecule has 10 nitrogen and oxygen atoms in total. The number of likely N-dealkylation sites (N-methyl/N-ethyl adjacent to an activating group) is 1. The number of nitrogens with one attached hydrogen (secondary N) is 1. The maximum atomic E-state index is 14.0. The smallest absolute Gasteiger partial charge is 0.323 e. The van der Waals surface area contributed by atoms with E-state index in [0.717, 1.165) is 25.0 Å². The number of pyridine rings is 1. The Bertz CT molecular complexity index is 936. The number of nitro benzene ring substituents is 1. The summed E-state index contributed by atoms with van der Waals surface area (Å²) in [7, 11) is 1.96. The highest BCUT2D eigenvalue weighted by Gasteiger charge is 2.25. The zero-order chi connectivity index (χ0) is 22.4. The minimum Gasteiger partial charge on any atom is -0.454 e. The Morgan fingerprint density at radius 1 is 1.39 bits per heavy atom. The number of nitro groups is 1. The van der Waals surface area contributed by atoms with Gasteiger partial charge in [-0.2, -0.15) is 0 Å². The molecule has 1 fully saturated rings. The molecule has 0 radical (unpaired) electrons. The van der Waals surface area contributed by atoms with Gasteiger partial charge in [-0.3, -0.25) is 15.4 Å². The fourth-order valence-electron chi connectivity index (χ4n) is 3.39. The molecule has 166 valence electrons. The molecule has 2 N–H and O–H groups in total. The zero-order valence-electron chi connectivity index (χ0n) is 17.0. The molecule has 1 aliphatic heterocycles. The zero-order valence-corrected chi connectivity index (χ0v) is 17.0. The number of aromatic nitrogens is 1. The van der Waals surface area contributed by atoms with Crippen molar-refractivity contribution in [3.63, 3.8) is 0 Å². The number of ether oxygens (including phenoxy) is 1. The first kappa shape index (κ1) is 22.4. The maximum Gasteiger partial charge on any atom is 0.323 e. The third kappa shape index (κ3) is 5.86. The first-order valence-corrected chi connectivity index (χ1v) is 9.82. The lowest BCUT2D eigenvalue weighted by molar-refractivity contribution is -0.385. The molecule has 1 aromatic carbocycles. The summed E-state index contributed by atoms with van der Waals surface area (Å²) in [4.78, 5) is 30.4. The van der Waals surface area contributed by atoms with Crippen LogP contribution in [0.3, 0.4) is 0 Å². The molecule has 0 spiro atoms. The van der Waals surface area contributed by atoms with E-state index in [-0.39, 0.29) is 35.6 Å². The largest absolute Gasteiger partial charge is 0.454 e. The average molecular weight is 433 g/mol. The summed E-state index contributed by atoms with van der Waals surface area (Å²) in [5.74, 6) is -0.583. The lowest BCUT2D eigenvalue weighted by atomic mass is 10.0. The van der Waals surface area contributed by atoms with Gasteiger partial charge in [0, 0.05) is 44.0 Å². The van der Waals surface area contributed by atoms with E-state index in [2.05, 4.69) is 15.2 Å². The molecule has 0 saturated carbocycles. The van der Waals surface area contributed by atoms with Crippen molar-refractivity contribution in [3.8, 4) is 11.5 Å². The topological polar surface area (TPSA) is 121 Å². The average Bonchev–Trinajstić information content (AvgIpc) is 2.75. The summed E-state index contributed by atoms with van der Waals surface area (Å²) in [5, 5.41) is 22.5. The molecule has 11 heteroatoms. The third-order valence-corrected chi connectivity index (χ3v) is 5.15. The number of aliphatic hydroxyl groups is 1. The van der Waals surface area contributed by atoms with E-state index in [9.17, 15) is 19.3 Å². The predicted octanol–water partition coefficient (Wildman–Crippen LogP) is 2.84. The number of amides is 2. The standard InChI is InChI=1S/C20H24FN5O5/c1-24(10-11-27)14-5-8-25(9-6-14)20(28)23-19-13-16(4-7-22-19)31-18-3-2-15(26(29)30)12-17(18)21/h2-4,7,12-14,27H,5-6,8-11H2,1H3,(H,22,23,28). The van der Waals surface area contributed by atoms with E-state index in [0.29, 0.717) is 25.7 Å². The molecule has 2 amide bonds. The van der Waals surface area contributed by atoms with Gasteiger partial charge in [-0.25, -0.2) is 14.2 Å². The van der Waals surface area contributed by atoms with Gasteiger partial charge in [-0.15, -0.1) is 0 Å². The van der Waals surface area contributed by atoms with E-state index < -0.39 is 10.7 Å². The summed E-state index contributed by atoms with van der Waals surface area (Å²) in [6, 6.07) is 6.05. The van der Waals surface area contributed by atoms with Gasteiger partial charge in [0.1, 0.15) is 11.6 Å². The number of anilines is 1. The number of carbonyl (C=O) groups excluding carboxylic acids is 1. The molecular formula is C20H24FN5O5. The molecule has 2 aromatic rings. The predicted molar refractivity (Wildman–Crippen MR) is 111 cm³/mol. The van der Waals surface area contributed by atoms with Gasteiger partial charge in [0.05, 0.1) is 17.6 Å². The third-order valence-electron chi connectivity index (χ3n) is 5.15. The van der Waals surface area contributed by atoms with Crippen molar-refractivity contribution in [3.05, 3.63) is 52.5 Å². The summed E-state index contributed by atoms with van der Waals surface area (Å²) in [6.07, 6.45) is 3.02. The van der Waals surface area contributed by atoms with Gasteiger partial charge >= 0.3 is 6.03 Å². The van der Waals surface area contributed by atoms with Crippen molar-refractivity contribution in [2.45, 2.75) is 18.9 Å². The van der Waals surface area contributed by atoms with Crippen LogP contribution < -0.4 is 10.1 Å². The quantitative estimate of drug-likeness (QED) is 0.509. The summed E-state index contributed by atoms with van der Waals surface area (Å²) in [6.45, 7) is 1.86. The first-order valence-electron chi connectivity index (χ1n) is 9.82. The van der Waals surface area contributed by atoms with Crippen molar-refractivity contribution < 1.29 is 24.0 Å². The van der Waals surface area contributed by atoms with Crippen LogP contribution in [0.4, 0.5) is 20.7 Å². The van der Waals surface area contributed by atoms with E-state index in [4.69, 9.17) is 9.84 Å². The highest BCUT2D eigenvalue weighted by Crippen LogP contribution is 2.28. The number of aliphatic hydroxyl groups excluding tert-OH is 1. The molecule has 31 heavy (non-hydrogen) atoms. The number of halogens is 1. The van der Waals surface area contributed by atoms with Gasteiger partial charge in [0.15, 0.2) is 11.6 Å². The molecule has 0 atom stereocenters. The Balaban J connectivity index is 1.58. The van der Waals surface area contributed by atoms with Crippen LogP contribution in [0.5, 0.6) is 11.5 Å². The van der Waals surface area contributed by atoms with Crippen LogP contribution in [-0.4, -0.2) is 70.2 Å². The molecule has 1 saturated heterocycles. The fraction of sp³-hybridized carbons (Fsp3) is 0.400. The van der Waals surface area contributed by atoms with Gasteiger partial charge in [-0.05, 0) is 32.0 Å². The monoisotopic (exact) mass is 433 g/mol. The highest BCUT2D eigenvalue weighted by molar-refractivity contribution is 5.88. The summed E-state index contributed by atoms with van der Waals surface area (Å²) in [5.41, 5.74) is -0.376. The number of carbonyl (C=O) groups is 1. The molecule has 2 heterocycles. The normalized spacial score (nSPS) is 14.5. The lowest BCUT2D eigenvalue weighted by Gasteiger charge is -2.36. The van der Waals surface area contributed by atoms with Crippen LogP contribution in [0, 0.1) is 15.9 Å². The number of benzene rings is 1. The molecular weight excluding hydrogens is 409 g/mol. The van der Waals surface area contributed by atoms with Crippen molar-refractivity contribution in [2.24, 2.45) is 0 Å². The van der Waals surface area contributed by atoms with E-state index in [1.807, 2.05) is 7.05 Å². The van der Waals surface area contributed by atoms with Crippen LogP contribution in [-0.2, 0) is 0 Å². The molecule has 1 aromatic heterocycles. The Morgan fingerprint density at radius 3 is 2.77 bits per heavy atom. The SMILES string of the molecule is CN(CCO)C1CCN(C(=O)Nc2cc(Oc3ccc([N+](=O)[O-])cc3F)ccn2)CC1. The number of likely N-dealkylation sites (tertiary alicyclic amines) is 1. The Hall–Kier alpha value is -3.31. The van der Waals surface area contributed by atoms with Crippen molar-refractivity contribution >= 4 is 17.5 Å². The van der Waals surface area contributed by atoms with E-state index in [1.165, 1.54) is 24.4 Å². The van der Waals surface area contributed by atoms with Crippen molar-refractivity contribution in [2.75, 3.05) is 38.6 Å². The van der Waals surface area contributed by atoms with Crippen molar-refractivity contribution in [1.29, 1.82) is 0 Å². The van der Waals surface area contributed by atoms with Gasteiger partial charge < -0.3 is 19.6 Å². The Labute approximate surface area is 178 Å². The van der Waals surface area contributed by atoms with Crippen LogP contribution >= 0.6 is 0 Å². The summed E-state index contributed by atoms with van der Waals surface area (Å²) < 4.78 is 19.5. The minimum absolute atomic E-state index is 0.102. The van der Waals surface area contributed by atoms with Gasteiger partial charge in [-0.1, -0.05) is 0 Å². The first-order chi connectivity index (χ1) is 14.9. The van der Waals surface area contributed by atoms with E-state index >= 15 is 0 Å². The second-order valence-electron chi connectivity index (χ2n) is 7.20. The maximum absolute atomic E-state index is 14.0. The van der Waals surface area contributed by atoms with Crippen LogP contribution in [0.15, 0.2) is 36.5 Å². The number of hydrogen-bond acceptors (Lipinski definition) is 7. The number of nitrogens with zero attached hydrogens (tertiary/aromatic N) is 4. The second kappa shape index (κ2) is 10.1. The number of urea groups is 1. The molecule has 0 bridgehead atoms.